The van der Waals surface area contributed by atoms with Gasteiger partial charge in [-0.15, -0.1) is 0 Å². The highest BCUT2D eigenvalue weighted by Crippen LogP contribution is 2.18. The van der Waals surface area contributed by atoms with E-state index in [0.717, 1.165) is 16.3 Å². The zero-order chi connectivity index (χ0) is 16.8. The maximum Gasteiger partial charge on any atom is 0.243 e. The molecule has 3 rings (SSSR count). The van der Waals surface area contributed by atoms with E-state index in [9.17, 15) is 9.59 Å². The average molecular weight is 318 g/mol. The van der Waals surface area contributed by atoms with Crippen LogP contribution >= 0.6 is 0 Å². The second-order valence-corrected chi connectivity index (χ2v) is 5.51. The van der Waals surface area contributed by atoms with Gasteiger partial charge in [-0.1, -0.05) is 60.7 Å². The minimum absolute atomic E-state index is 0.0432. The largest absolute Gasteiger partial charge is 0.347 e. The van der Waals surface area contributed by atoms with E-state index in [0.29, 0.717) is 5.69 Å². The van der Waals surface area contributed by atoms with Gasteiger partial charge < -0.3 is 10.6 Å². The highest BCUT2D eigenvalue weighted by Gasteiger charge is 2.09. The molecular weight excluding hydrogens is 300 g/mol. The Kier molecular flexibility index (Phi) is 4.87. The summed E-state index contributed by atoms with van der Waals surface area (Å²) in [6, 6.07) is 23.0. The Morgan fingerprint density at radius 1 is 0.750 bits per heavy atom. The molecule has 0 radical (unpaired) electrons. The predicted octanol–water partition coefficient (Wildman–Crippen LogP) is 3.14. The number of rotatable bonds is 5. The highest BCUT2D eigenvalue weighted by molar-refractivity contribution is 5.95. The Bertz CT molecular complexity index is 854. The molecule has 2 N–H and O–H groups in total. The summed E-state index contributed by atoms with van der Waals surface area (Å²) in [6.07, 6.45) is 0.250. The Labute approximate surface area is 140 Å². The number of hydrogen-bond acceptors (Lipinski definition) is 2. The number of anilines is 1. The molecule has 0 unspecified atom stereocenters. The molecule has 0 saturated carbocycles. The van der Waals surface area contributed by atoms with Crippen LogP contribution in [0.4, 0.5) is 5.69 Å². The summed E-state index contributed by atoms with van der Waals surface area (Å²) < 4.78 is 0. The summed E-state index contributed by atoms with van der Waals surface area (Å²) in [5, 5.41) is 7.56. The van der Waals surface area contributed by atoms with E-state index in [1.54, 1.807) is 12.1 Å². The Hall–Kier alpha value is -3.14. The van der Waals surface area contributed by atoms with Crippen LogP contribution in [0.25, 0.3) is 10.8 Å². The van der Waals surface area contributed by atoms with Gasteiger partial charge in [0, 0.05) is 5.69 Å². The van der Waals surface area contributed by atoms with Gasteiger partial charge in [0.1, 0.15) is 0 Å². The van der Waals surface area contributed by atoms with E-state index in [2.05, 4.69) is 10.6 Å². The molecule has 0 atom stereocenters. The molecule has 4 nitrogen and oxygen atoms in total. The number of carbonyl (C=O) groups excluding carboxylic acids is 2. The molecule has 120 valence electrons. The lowest BCUT2D eigenvalue weighted by Gasteiger charge is -2.08. The van der Waals surface area contributed by atoms with Gasteiger partial charge >= 0.3 is 0 Å². The van der Waals surface area contributed by atoms with Crippen molar-refractivity contribution in [2.24, 2.45) is 0 Å². The van der Waals surface area contributed by atoms with E-state index in [4.69, 9.17) is 0 Å². The number of fused-ring (bicyclic) bond motifs is 1. The summed E-state index contributed by atoms with van der Waals surface area (Å²) in [5.41, 5.74) is 1.67. The third-order valence-electron chi connectivity index (χ3n) is 3.73. The van der Waals surface area contributed by atoms with Gasteiger partial charge in [0.05, 0.1) is 13.0 Å². The van der Waals surface area contributed by atoms with Crippen molar-refractivity contribution < 1.29 is 9.59 Å². The first-order chi connectivity index (χ1) is 11.7. The molecule has 0 aliphatic rings. The average Bonchev–Trinajstić information content (AvgIpc) is 2.61. The quantitative estimate of drug-likeness (QED) is 0.759. The fourth-order valence-electron chi connectivity index (χ4n) is 2.59. The van der Waals surface area contributed by atoms with Crippen LogP contribution in [-0.4, -0.2) is 18.4 Å². The maximum atomic E-state index is 12.1. The van der Waals surface area contributed by atoms with Crippen LogP contribution in [0.3, 0.4) is 0 Å². The smallest absolute Gasteiger partial charge is 0.243 e. The highest BCUT2D eigenvalue weighted by atomic mass is 16.2. The summed E-state index contributed by atoms with van der Waals surface area (Å²) in [5.74, 6) is -0.415. The summed E-state index contributed by atoms with van der Waals surface area (Å²) in [7, 11) is 0. The molecule has 3 aromatic carbocycles. The van der Waals surface area contributed by atoms with Crippen molar-refractivity contribution in [3.05, 3.63) is 78.4 Å². The van der Waals surface area contributed by atoms with Crippen LogP contribution in [0.1, 0.15) is 5.56 Å². The van der Waals surface area contributed by atoms with E-state index in [1.807, 2.05) is 60.7 Å². The molecule has 0 bridgehead atoms. The predicted molar refractivity (Wildman–Crippen MR) is 95.7 cm³/mol. The first-order valence-electron chi connectivity index (χ1n) is 7.80. The molecule has 0 aliphatic heterocycles. The minimum Gasteiger partial charge on any atom is -0.347 e. The molecule has 2 amide bonds. The molecular formula is C20H18N2O2. The number of hydrogen-bond donors (Lipinski definition) is 2. The number of nitrogens with one attached hydrogen (secondary N) is 2. The molecule has 0 aliphatic carbocycles. The van der Waals surface area contributed by atoms with Crippen molar-refractivity contribution in [1.82, 2.24) is 5.32 Å². The van der Waals surface area contributed by atoms with E-state index >= 15 is 0 Å². The normalized spacial score (nSPS) is 10.3. The number of para-hydroxylation sites is 1. The first kappa shape index (κ1) is 15.7. The lowest BCUT2D eigenvalue weighted by molar-refractivity contribution is -0.123. The lowest BCUT2D eigenvalue weighted by atomic mass is 10.0. The topological polar surface area (TPSA) is 58.2 Å². The summed E-state index contributed by atoms with van der Waals surface area (Å²) in [6.45, 7) is -0.0432. The summed E-state index contributed by atoms with van der Waals surface area (Å²) >= 11 is 0. The van der Waals surface area contributed by atoms with Gasteiger partial charge in [0.15, 0.2) is 0 Å². The Morgan fingerprint density at radius 3 is 2.29 bits per heavy atom. The molecule has 0 aromatic heterocycles. The van der Waals surface area contributed by atoms with Crippen LogP contribution in [-0.2, 0) is 16.0 Å². The van der Waals surface area contributed by atoms with Crippen molar-refractivity contribution in [3.8, 4) is 0 Å². The van der Waals surface area contributed by atoms with Crippen molar-refractivity contribution >= 4 is 28.3 Å². The van der Waals surface area contributed by atoms with E-state index in [1.165, 1.54) is 0 Å². The second-order valence-electron chi connectivity index (χ2n) is 5.51. The number of carbonyl (C=O) groups is 2. The maximum absolute atomic E-state index is 12.1. The lowest BCUT2D eigenvalue weighted by Crippen LogP contribution is -2.33. The standard InChI is InChI=1S/C20H18N2O2/c23-19(21-14-20(24)22-17-10-2-1-3-11-17)13-16-9-6-8-15-7-4-5-12-18(15)16/h1-12H,13-14H2,(H,21,23)(H,22,24). The van der Waals surface area contributed by atoms with E-state index in [-0.39, 0.29) is 24.8 Å². The van der Waals surface area contributed by atoms with Crippen molar-refractivity contribution in [2.45, 2.75) is 6.42 Å². The number of benzene rings is 3. The molecule has 0 saturated heterocycles. The van der Waals surface area contributed by atoms with Gasteiger partial charge in [-0.25, -0.2) is 0 Å². The number of amides is 2. The molecule has 4 heteroatoms. The van der Waals surface area contributed by atoms with Gasteiger partial charge in [0.25, 0.3) is 0 Å². The van der Waals surface area contributed by atoms with Crippen LogP contribution in [0, 0.1) is 0 Å². The zero-order valence-electron chi connectivity index (χ0n) is 13.2. The monoisotopic (exact) mass is 318 g/mol. The van der Waals surface area contributed by atoms with Crippen LogP contribution in [0.15, 0.2) is 72.8 Å². The third kappa shape index (κ3) is 3.98. The SMILES string of the molecule is O=C(Cc1cccc2ccccc12)NCC(=O)Nc1ccccc1. The van der Waals surface area contributed by atoms with Crippen molar-refractivity contribution in [3.63, 3.8) is 0 Å². The second kappa shape index (κ2) is 7.42. The molecule has 0 heterocycles. The van der Waals surface area contributed by atoms with Gasteiger partial charge in [-0.3, -0.25) is 9.59 Å². The van der Waals surface area contributed by atoms with Crippen LogP contribution in [0.5, 0.6) is 0 Å². The molecule has 0 spiro atoms. The fraction of sp³-hybridized carbons (Fsp3) is 0.100. The molecule has 24 heavy (non-hydrogen) atoms. The fourth-order valence-corrected chi connectivity index (χ4v) is 2.59. The van der Waals surface area contributed by atoms with Crippen molar-refractivity contribution in [2.75, 3.05) is 11.9 Å². The van der Waals surface area contributed by atoms with Gasteiger partial charge in [-0.05, 0) is 28.5 Å². The zero-order valence-corrected chi connectivity index (χ0v) is 13.2. The van der Waals surface area contributed by atoms with Crippen molar-refractivity contribution in [1.29, 1.82) is 0 Å². The molecule has 0 fully saturated rings. The summed E-state index contributed by atoms with van der Waals surface area (Å²) in [4.78, 5) is 24.0. The minimum atomic E-state index is -0.243. The first-order valence-corrected chi connectivity index (χ1v) is 7.80. The van der Waals surface area contributed by atoms with E-state index < -0.39 is 0 Å². The Morgan fingerprint density at radius 2 is 1.46 bits per heavy atom. The van der Waals surface area contributed by atoms with Crippen LogP contribution in [0.2, 0.25) is 0 Å². The van der Waals surface area contributed by atoms with Crippen LogP contribution < -0.4 is 10.6 Å². The van der Waals surface area contributed by atoms with Gasteiger partial charge in [-0.2, -0.15) is 0 Å². The molecule has 3 aromatic rings. The Balaban J connectivity index is 1.56. The third-order valence-corrected chi connectivity index (χ3v) is 3.73. The van der Waals surface area contributed by atoms with Gasteiger partial charge in [0.2, 0.25) is 11.8 Å².